The summed E-state index contributed by atoms with van der Waals surface area (Å²) in [5, 5.41) is 16.8. The number of nitro groups is 1. The normalized spacial score (nSPS) is 10.2. The van der Waals surface area contributed by atoms with Gasteiger partial charge in [0.2, 0.25) is 5.91 Å². The minimum absolute atomic E-state index is 0.0238. The first-order valence-corrected chi connectivity index (χ1v) is 7.43. The molecule has 0 saturated heterocycles. The van der Waals surface area contributed by atoms with E-state index in [4.69, 9.17) is 34.8 Å². The van der Waals surface area contributed by atoms with Crippen LogP contribution in [0.4, 0.5) is 17.1 Å². The summed E-state index contributed by atoms with van der Waals surface area (Å²) < 4.78 is 0. The first-order chi connectivity index (χ1) is 10.9. The summed E-state index contributed by atoms with van der Waals surface area (Å²) in [6.45, 7) is -0.109. The SMILES string of the molecule is O=C(CNc1ccc(Cl)c([N+](=O)[O-])c1)Nc1cccc(Cl)c1Cl. The van der Waals surface area contributed by atoms with Crippen LogP contribution in [0.1, 0.15) is 0 Å². The lowest BCUT2D eigenvalue weighted by molar-refractivity contribution is -0.384. The number of anilines is 2. The third-order valence-corrected chi connectivity index (χ3v) is 3.96. The third-order valence-electron chi connectivity index (χ3n) is 2.82. The summed E-state index contributed by atoms with van der Waals surface area (Å²) in [6, 6.07) is 9.04. The van der Waals surface area contributed by atoms with Crippen molar-refractivity contribution in [2.24, 2.45) is 0 Å². The lowest BCUT2D eigenvalue weighted by atomic mass is 10.2. The molecule has 120 valence electrons. The Balaban J connectivity index is 2.01. The molecule has 23 heavy (non-hydrogen) atoms. The van der Waals surface area contributed by atoms with Gasteiger partial charge in [-0.1, -0.05) is 40.9 Å². The summed E-state index contributed by atoms with van der Waals surface area (Å²) in [5.41, 5.74) is 0.538. The number of carbonyl (C=O) groups is 1. The zero-order chi connectivity index (χ0) is 17.0. The van der Waals surface area contributed by atoms with E-state index in [0.29, 0.717) is 16.4 Å². The summed E-state index contributed by atoms with van der Waals surface area (Å²) in [4.78, 5) is 22.1. The number of nitrogens with one attached hydrogen (secondary N) is 2. The Morgan fingerprint density at radius 1 is 1.13 bits per heavy atom. The molecule has 0 atom stereocenters. The first-order valence-electron chi connectivity index (χ1n) is 6.30. The van der Waals surface area contributed by atoms with E-state index in [1.807, 2.05) is 0 Å². The number of nitrogens with zero attached hydrogens (tertiary/aromatic N) is 1. The maximum absolute atomic E-state index is 11.9. The second kappa shape index (κ2) is 7.50. The van der Waals surface area contributed by atoms with Crippen molar-refractivity contribution in [2.45, 2.75) is 0 Å². The molecule has 1 amide bonds. The predicted molar refractivity (Wildman–Crippen MR) is 91.7 cm³/mol. The molecule has 2 N–H and O–H groups in total. The van der Waals surface area contributed by atoms with Gasteiger partial charge in [0.25, 0.3) is 5.69 Å². The van der Waals surface area contributed by atoms with Crippen LogP contribution in [0.3, 0.4) is 0 Å². The van der Waals surface area contributed by atoms with Crippen LogP contribution in [0.5, 0.6) is 0 Å². The third kappa shape index (κ3) is 4.48. The Labute approximate surface area is 146 Å². The van der Waals surface area contributed by atoms with Crippen molar-refractivity contribution in [3.8, 4) is 0 Å². The van der Waals surface area contributed by atoms with Crippen LogP contribution >= 0.6 is 34.8 Å². The summed E-state index contributed by atoms with van der Waals surface area (Å²) in [7, 11) is 0. The lowest BCUT2D eigenvalue weighted by Gasteiger charge is -2.10. The molecular formula is C14H10Cl3N3O3. The molecule has 0 aliphatic carbocycles. The van der Waals surface area contributed by atoms with Gasteiger partial charge in [0.05, 0.1) is 27.2 Å². The van der Waals surface area contributed by atoms with Gasteiger partial charge in [-0.15, -0.1) is 0 Å². The zero-order valence-corrected chi connectivity index (χ0v) is 13.7. The number of hydrogen-bond donors (Lipinski definition) is 2. The van der Waals surface area contributed by atoms with E-state index in [9.17, 15) is 14.9 Å². The van der Waals surface area contributed by atoms with Gasteiger partial charge in [-0.3, -0.25) is 14.9 Å². The zero-order valence-electron chi connectivity index (χ0n) is 11.5. The second-order valence-electron chi connectivity index (χ2n) is 4.43. The maximum atomic E-state index is 11.9. The van der Waals surface area contributed by atoms with E-state index in [2.05, 4.69) is 10.6 Å². The van der Waals surface area contributed by atoms with Gasteiger partial charge < -0.3 is 10.6 Å². The van der Waals surface area contributed by atoms with Crippen LogP contribution in [-0.2, 0) is 4.79 Å². The highest BCUT2D eigenvalue weighted by Gasteiger charge is 2.13. The lowest BCUT2D eigenvalue weighted by Crippen LogP contribution is -2.22. The monoisotopic (exact) mass is 373 g/mol. The standard InChI is InChI=1S/C14H10Cl3N3O3/c15-9-5-4-8(6-12(9)20(22)23)18-7-13(21)19-11-3-1-2-10(16)14(11)17/h1-6,18H,7H2,(H,19,21). The van der Waals surface area contributed by atoms with E-state index in [0.717, 1.165) is 0 Å². The van der Waals surface area contributed by atoms with Gasteiger partial charge in [-0.05, 0) is 24.3 Å². The van der Waals surface area contributed by atoms with Crippen LogP contribution < -0.4 is 10.6 Å². The fraction of sp³-hybridized carbons (Fsp3) is 0.0714. The van der Waals surface area contributed by atoms with Crippen molar-refractivity contribution in [2.75, 3.05) is 17.2 Å². The second-order valence-corrected chi connectivity index (χ2v) is 5.62. The first kappa shape index (κ1) is 17.3. The van der Waals surface area contributed by atoms with Crippen LogP contribution in [0.2, 0.25) is 15.1 Å². The van der Waals surface area contributed by atoms with E-state index >= 15 is 0 Å². The molecule has 0 aliphatic heterocycles. The van der Waals surface area contributed by atoms with Crippen molar-refractivity contribution in [1.29, 1.82) is 0 Å². The smallest absolute Gasteiger partial charge is 0.289 e. The minimum atomic E-state index is -0.598. The minimum Gasteiger partial charge on any atom is -0.376 e. The van der Waals surface area contributed by atoms with E-state index < -0.39 is 4.92 Å². The molecule has 0 saturated carbocycles. The van der Waals surface area contributed by atoms with Crippen LogP contribution in [0.25, 0.3) is 0 Å². The summed E-state index contributed by atoms with van der Waals surface area (Å²) in [6.07, 6.45) is 0. The molecule has 2 aromatic rings. The Bertz CT molecular complexity index is 768. The maximum Gasteiger partial charge on any atom is 0.289 e. The average Bonchev–Trinajstić information content (AvgIpc) is 2.51. The molecule has 0 heterocycles. The fourth-order valence-corrected chi connectivity index (χ4v) is 2.27. The highest BCUT2D eigenvalue weighted by atomic mass is 35.5. The van der Waals surface area contributed by atoms with Crippen LogP contribution in [-0.4, -0.2) is 17.4 Å². The van der Waals surface area contributed by atoms with Gasteiger partial charge in [-0.25, -0.2) is 0 Å². The highest BCUT2D eigenvalue weighted by Crippen LogP contribution is 2.30. The van der Waals surface area contributed by atoms with Crippen molar-refractivity contribution in [3.05, 3.63) is 61.6 Å². The van der Waals surface area contributed by atoms with Crippen LogP contribution in [0, 0.1) is 10.1 Å². The molecule has 0 fully saturated rings. The fourth-order valence-electron chi connectivity index (χ4n) is 1.74. The predicted octanol–water partition coefficient (Wildman–Crippen LogP) is 4.61. The molecule has 0 aromatic heterocycles. The number of rotatable bonds is 5. The molecule has 0 unspecified atom stereocenters. The van der Waals surface area contributed by atoms with Crippen molar-refractivity contribution >= 4 is 57.8 Å². The number of amides is 1. The molecule has 2 rings (SSSR count). The van der Waals surface area contributed by atoms with E-state index in [-0.39, 0.29) is 28.2 Å². The average molecular weight is 375 g/mol. The molecular weight excluding hydrogens is 365 g/mol. The molecule has 0 spiro atoms. The highest BCUT2D eigenvalue weighted by molar-refractivity contribution is 6.44. The van der Waals surface area contributed by atoms with Gasteiger partial charge in [-0.2, -0.15) is 0 Å². The Morgan fingerprint density at radius 2 is 1.87 bits per heavy atom. The van der Waals surface area contributed by atoms with Gasteiger partial charge >= 0.3 is 0 Å². The van der Waals surface area contributed by atoms with Crippen molar-refractivity contribution in [3.63, 3.8) is 0 Å². The van der Waals surface area contributed by atoms with Crippen molar-refractivity contribution in [1.82, 2.24) is 0 Å². The Hall–Kier alpha value is -2.02. The Kier molecular flexibility index (Phi) is 5.65. The van der Waals surface area contributed by atoms with Crippen molar-refractivity contribution < 1.29 is 9.72 Å². The van der Waals surface area contributed by atoms with E-state index in [1.54, 1.807) is 18.2 Å². The molecule has 0 radical (unpaired) electrons. The number of carbonyl (C=O) groups excluding carboxylic acids is 1. The quantitative estimate of drug-likeness (QED) is 0.591. The molecule has 2 aromatic carbocycles. The largest absolute Gasteiger partial charge is 0.376 e. The topological polar surface area (TPSA) is 84.3 Å². The van der Waals surface area contributed by atoms with Gasteiger partial charge in [0.15, 0.2) is 0 Å². The van der Waals surface area contributed by atoms with Gasteiger partial charge in [0, 0.05) is 11.8 Å². The number of nitro benzene ring substituents is 1. The molecule has 9 heteroatoms. The molecule has 6 nitrogen and oxygen atoms in total. The Morgan fingerprint density at radius 3 is 2.57 bits per heavy atom. The molecule has 0 aliphatic rings. The number of benzene rings is 2. The van der Waals surface area contributed by atoms with E-state index in [1.165, 1.54) is 18.2 Å². The van der Waals surface area contributed by atoms with Gasteiger partial charge in [0.1, 0.15) is 5.02 Å². The summed E-state index contributed by atoms with van der Waals surface area (Å²) in [5.74, 6) is -0.383. The number of hydrogen-bond acceptors (Lipinski definition) is 4. The summed E-state index contributed by atoms with van der Waals surface area (Å²) >= 11 is 17.5. The number of halogens is 3. The molecule has 0 bridgehead atoms. The van der Waals surface area contributed by atoms with Crippen LogP contribution in [0.15, 0.2) is 36.4 Å².